The number of carbonyl (C=O) groups excluding carboxylic acids is 1. The highest BCUT2D eigenvalue weighted by atomic mass is 127. The lowest BCUT2D eigenvalue weighted by Crippen LogP contribution is -2.39. The van der Waals surface area contributed by atoms with E-state index in [1.165, 1.54) is 22.8 Å². The number of carboxylic acids is 1. The molecule has 1 atom stereocenters. The van der Waals surface area contributed by atoms with Crippen molar-refractivity contribution in [1.29, 1.82) is 0 Å². The summed E-state index contributed by atoms with van der Waals surface area (Å²) in [5.41, 5.74) is 2.06. The van der Waals surface area contributed by atoms with Gasteiger partial charge in [-0.2, -0.15) is 0 Å². The number of nitrogens with zero attached hydrogens (tertiary/aromatic N) is 1. The smallest absolute Gasteiger partial charge is 0.330 e. The van der Waals surface area contributed by atoms with Crippen LogP contribution >= 0.6 is 22.6 Å². The van der Waals surface area contributed by atoms with E-state index < -0.39 is 23.5 Å². The number of aromatic nitrogens is 1. The van der Waals surface area contributed by atoms with E-state index in [1.807, 2.05) is 6.92 Å². The maximum atomic E-state index is 13.3. The molecule has 2 N–H and O–H groups in total. The highest BCUT2D eigenvalue weighted by molar-refractivity contribution is 14.1. The molecule has 6 nitrogen and oxygen atoms in total. The third-order valence-electron chi connectivity index (χ3n) is 5.12. The number of benzene rings is 2. The molecule has 1 amide bonds. The summed E-state index contributed by atoms with van der Waals surface area (Å²) >= 11 is 2.16. The Labute approximate surface area is 198 Å². The molecule has 0 spiro atoms. The SMILES string of the molecule is CCc1c(CI)cc(C(=O)N[C@H](C(=O)O)c2ccccc2)c(=O)n1Cc1ccc(F)cc1. The molecule has 0 bridgehead atoms. The second kappa shape index (κ2) is 10.5. The van der Waals surface area contributed by atoms with Crippen LogP contribution in [-0.2, 0) is 22.2 Å². The first-order valence-corrected chi connectivity index (χ1v) is 11.5. The fourth-order valence-corrected chi connectivity index (χ4v) is 4.20. The molecule has 0 aliphatic carbocycles. The number of carbonyl (C=O) groups is 2. The fraction of sp³-hybridized carbons (Fsp3) is 0.208. The minimum absolute atomic E-state index is 0.127. The molecule has 32 heavy (non-hydrogen) atoms. The van der Waals surface area contributed by atoms with E-state index in [4.69, 9.17) is 0 Å². The van der Waals surface area contributed by atoms with Crippen molar-refractivity contribution in [3.8, 4) is 0 Å². The van der Waals surface area contributed by atoms with E-state index in [1.54, 1.807) is 42.5 Å². The van der Waals surface area contributed by atoms with Crippen molar-refractivity contribution in [2.75, 3.05) is 0 Å². The number of alkyl halides is 1. The van der Waals surface area contributed by atoms with Gasteiger partial charge >= 0.3 is 5.97 Å². The number of pyridine rings is 1. The second-order valence-electron chi connectivity index (χ2n) is 7.19. The molecule has 0 radical (unpaired) electrons. The van der Waals surface area contributed by atoms with Crippen LogP contribution in [0.2, 0.25) is 0 Å². The normalized spacial score (nSPS) is 11.7. The Morgan fingerprint density at radius 3 is 2.34 bits per heavy atom. The van der Waals surface area contributed by atoms with Gasteiger partial charge in [0, 0.05) is 10.1 Å². The maximum Gasteiger partial charge on any atom is 0.330 e. The number of halogens is 2. The largest absolute Gasteiger partial charge is 0.479 e. The van der Waals surface area contributed by atoms with Crippen molar-refractivity contribution in [3.63, 3.8) is 0 Å². The van der Waals surface area contributed by atoms with Gasteiger partial charge in [-0.15, -0.1) is 0 Å². The lowest BCUT2D eigenvalue weighted by Gasteiger charge is -2.19. The monoisotopic (exact) mass is 548 g/mol. The first-order valence-electron chi connectivity index (χ1n) is 10.00. The molecule has 1 aromatic heterocycles. The van der Waals surface area contributed by atoms with Crippen molar-refractivity contribution in [2.24, 2.45) is 0 Å². The second-order valence-corrected chi connectivity index (χ2v) is 7.95. The van der Waals surface area contributed by atoms with Crippen molar-refractivity contribution in [1.82, 2.24) is 9.88 Å². The number of carboxylic acid groups (broad SMARTS) is 1. The summed E-state index contributed by atoms with van der Waals surface area (Å²) in [6, 6.07) is 14.4. The Kier molecular flexibility index (Phi) is 7.79. The summed E-state index contributed by atoms with van der Waals surface area (Å²) in [6.45, 7) is 2.09. The summed E-state index contributed by atoms with van der Waals surface area (Å²) < 4.78 is 15.4. The molecule has 1 heterocycles. The lowest BCUT2D eigenvalue weighted by molar-refractivity contribution is -0.139. The van der Waals surface area contributed by atoms with Gasteiger partial charge in [-0.25, -0.2) is 9.18 Å². The highest BCUT2D eigenvalue weighted by Gasteiger charge is 2.25. The third kappa shape index (κ3) is 5.24. The number of amides is 1. The highest BCUT2D eigenvalue weighted by Crippen LogP contribution is 2.18. The van der Waals surface area contributed by atoms with Gasteiger partial charge in [0.25, 0.3) is 11.5 Å². The summed E-state index contributed by atoms with van der Waals surface area (Å²) in [5, 5.41) is 12.1. The Bertz CT molecular complexity index is 1180. The standard InChI is InChI=1S/C24H22FIN2O4/c1-2-20-17(13-26)12-19(23(30)28(20)14-15-8-10-18(25)11-9-15)22(29)27-21(24(31)32)16-6-4-3-5-7-16/h3-12,21H,2,13-14H2,1H3,(H,27,29)(H,31,32)/t21-/m0/s1. The Morgan fingerprint density at radius 2 is 1.78 bits per heavy atom. The maximum absolute atomic E-state index is 13.3. The van der Waals surface area contributed by atoms with Crippen LogP contribution in [-0.4, -0.2) is 21.6 Å². The van der Waals surface area contributed by atoms with Crippen molar-refractivity contribution in [2.45, 2.75) is 30.4 Å². The zero-order valence-corrected chi connectivity index (χ0v) is 19.5. The van der Waals surface area contributed by atoms with Gasteiger partial charge in [0.05, 0.1) is 6.54 Å². The zero-order valence-electron chi connectivity index (χ0n) is 17.3. The lowest BCUT2D eigenvalue weighted by atomic mass is 10.0. The third-order valence-corrected chi connectivity index (χ3v) is 5.95. The van der Waals surface area contributed by atoms with Crippen LogP contribution in [0.15, 0.2) is 65.5 Å². The number of rotatable bonds is 8. The first kappa shape index (κ1) is 23.6. The van der Waals surface area contributed by atoms with E-state index in [-0.39, 0.29) is 17.9 Å². The molecule has 3 rings (SSSR count). The number of hydrogen-bond acceptors (Lipinski definition) is 3. The Balaban J connectivity index is 2.03. The van der Waals surface area contributed by atoms with Crippen molar-refractivity contribution in [3.05, 3.63) is 105 Å². The zero-order chi connectivity index (χ0) is 23.3. The molecule has 8 heteroatoms. The minimum atomic E-state index is -1.29. The van der Waals surface area contributed by atoms with Gasteiger partial charge < -0.3 is 15.0 Å². The van der Waals surface area contributed by atoms with Crippen LogP contribution in [0.5, 0.6) is 0 Å². The van der Waals surface area contributed by atoms with Crippen LogP contribution in [0.3, 0.4) is 0 Å². The van der Waals surface area contributed by atoms with Gasteiger partial charge in [0.1, 0.15) is 11.4 Å². The van der Waals surface area contributed by atoms with Gasteiger partial charge in [-0.3, -0.25) is 9.59 Å². The molecular weight excluding hydrogens is 526 g/mol. The molecular formula is C24H22FIN2O4. The molecule has 0 saturated heterocycles. The summed E-state index contributed by atoms with van der Waals surface area (Å²) in [7, 11) is 0. The molecule has 0 fully saturated rings. The van der Waals surface area contributed by atoms with E-state index in [0.29, 0.717) is 22.0 Å². The van der Waals surface area contributed by atoms with Crippen molar-refractivity contribution >= 4 is 34.5 Å². The summed E-state index contributed by atoms with van der Waals surface area (Å²) in [5.74, 6) is -2.36. The van der Waals surface area contributed by atoms with Crippen LogP contribution in [0.25, 0.3) is 0 Å². The summed E-state index contributed by atoms with van der Waals surface area (Å²) in [4.78, 5) is 38.1. The predicted molar refractivity (Wildman–Crippen MR) is 128 cm³/mol. The molecule has 166 valence electrons. The van der Waals surface area contributed by atoms with Gasteiger partial charge in [0.15, 0.2) is 6.04 Å². The molecule has 0 aliphatic heterocycles. The number of nitrogens with one attached hydrogen (secondary N) is 1. The van der Waals surface area contributed by atoms with E-state index in [9.17, 15) is 23.9 Å². The minimum Gasteiger partial charge on any atom is -0.479 e. The van der Waals surface area contributed by atoms with Crippen LogP contribution < -0.4 is 10.9 Å². The van der Waals surface area contributed by atoms with E-state index in [0.717, 1.165) is 11.3 Å². The van der Waals surface area contributed by atoms with Gasteiger partial charge in [-0.1, -0.05) is 72.0 Å². The van der Waals surface area contributed by atoms with Crippen LogP contribution in [0.4, 0.5) is 4.39 Å². The molecule has 0 unspecified atom stereocenters. The van der Waals surface area contributed by atoms with Crippen molar-refractivity contribution < 1.29 is 19.1 Å². The predicted octanol–water partition coefficient (Wildman–Crippen LogP) is 4.09. The van der Waals surface area contributed by atoms with Gasteiger partial charge in [0.2, 0.25) is 0 Å². The van der Waals surface area contributed by atoms with Crippen LogP contribution in [0.1, 0.15) is 45.7 Å². The fourth-order valence-electron chi connectivity index (χ4n) is 3.54. The van der Waals surface area contributed by atoms with Gasteiger partial charge in [-0.05, 0) is 41.3 Å². The number of hydrogen-bond donors (Lipinski definition) is 2. The van der Waals surface area contributed by atoms with Crippen LogP contribution in [0, 0.1) is 5.82 Å². The topological polar surface area (TPSA) is 88.4 Å². The average Bonchev–Trinajstić information content (AvgIpc) is 2.80. The number of aliphatic carboxylic acids is 1. The molecule has 0 saturated carbocycles. The average molecular weight is 548 g/mol. The van der Waals surface area contributed by atoms with E-state index in [2.05, 4.69) is 27.9 Å². The Hall–Kier alpha value is -3.01. The molecule has 2 aromatic carbocycles. The summed E-state index contributed by atoms with van der Waals surface area (Å²) in [6.07, 6.45) is 0.568. The first-order chi connectivity index (χ1) is 15.3. The molecule has 3 aromatic rings. The Morgan fingerprint density at radius 1 is 1.12 bits per heavy atom. The quantitative estimate of drug-likeness (QED) is 0.328. The van der Waals surface area contributed by atoms with E-state index >= 15 is 0 Å². The molecule has 0 aliphatic rings.